The van der Waals surface area contributed by atoms with Crippen molar-refractivity contribution in [3.63, 3.8) is 0 Å². The number of aromatic hydroxyl groups is 5. The Bertz CT molecular complexity index is 6820. The van der Waals surface area contributed by atoms with Gasteiger partial charge in [-0.05, 0) is 185 Å². The highest BCUT2D eigenvalue weighted by atomic mass is 16.4. The van der Waals surface area contributed by atoms with Crippen molar-refractivity contribution in [2.45, 2.75) is 51.9 Å². The third kappa shape index (κ3) is 21.9. The van der Waals surface area contributed by atoms with E-state index < -0.39 is 41.1 Å². The van der Waals surface area contributed by atoms with E-state index in [2.05, 4.69) is 74.4 Å². The molecule has 20 aromatic carbocycles. The van der Waals surface area contributed by atoms with Crippen molar-refractivity contribution in [2.75, 3.05) is 0 Å². The maximum atomic E-state index is 12.9. The van der Waals surface area contributed by atoms with Crippen LogP contribution in [0.4, 0.5) is 0 Å². The van der Waals surface area contributed by atoms with E-state index in [1.54, 1.807) is 121 Å². The van der Waals surface area contributed by atoms with Crippen LogP contribution in [-0.2, 0) is 0 Å². The number of carboxylic acids is 4. The molecule has 0 saturated heterocycles. The van der Waals surface area contributed by atoms with E-state index in [-0.39, 0.29) is 73.7 Å². The Morgan fingerprint density at radius 3 is 0.603 bits per heavy atom. The molecule has 20 aromatic rings. The zero-order valence-electron chi connectivity index (χ0n) is 74.8. The first-order chi connectivity index (χ1) is 65.5. The highest BCUT2D eigenvalue weighted by Gasteiger charge is 2.25. The normalized spacial score (nSPS) is 11.6. The van der Waals surface area contributed by atoms with E-state index in [1.807, 2.05) is 195 Å². The number of hydrogen-bond acceptors (Lipinski definition) is 13. The van der Waals surface area contributed by atoms with Crippen LogP contribution in [-0.4, -0.2) is 69.8 Å². The van der Waals surface area contributed by atoms with Crippen molar-refractivity contribution in [1.29, 1.82) is 0 Å². The SMILES string of the molecule is C[C@@H](N)c1ccccc1.C[C@@H]([NH3+])c1ccccc1.C[C@@H]([NH3+])c1ccccc1.C[C@H]([NH3+])c1ccccc1.O=C(O)c1cc2ccccc2c(-c2c(O)ccc3ccccc23)c1O.O=C(O)c1cc2ccccc2c(-c2c(O)ccc3ccccc23)c1[O-].O=C(O)c1cc2ccccc2c(-c2c(O)ccc3ccccc23)c1[O-].O=C(O)c1cc2ccccc2c(-c2c(O)ccc3ccccc23)c1[O-]. The number of carbonyl (C=O) groups is 4. The first kappa shape index (κ1) is 96.2. The monoisotopic (exact) mass is 1800 g/mol. The summed E-state index contributed by atoms with van der Waals surface area (Å²) in [6.07, 6.45) is 0. The fraction of sp³-hybridized carbons (Fsp3) is 0.0690. The van der Waals surface area contributed by atoms with Crippen LogP contribution in [0.1, 0.15) is 116 Å². The lowest BCUT2D eigenvalue weighted by Crippen LogP contribution is -2.51. The van der Waals surface area contributed by atoms with Gasteiger partial charge in [-0.15, -0.1) is 0 Å². The molecule has 4 atom stereocenters. The third-order valence-corrected chi connectivity index (χ3v) is 23.0. The van der Waals surface area contributed by atoms with Crippen LogP contribution in [0.25, 0.3) is 131 Å². The fourth-order valence-corrected chi connectivity index (χ4v) is 16.2. The third-order valence-electron chi connectivity index (χ3n) is 23.0. The van der Waals surface area contributed by atoms with E-state index in [1.165, 1.54) is 64.7 Å². The lowest BCUT2D eigenvalue weighted by molar-refractivity contribution is -0.420. The zero-order chi connectivity index (χ0) is 97.0. The van der Waals surface area contributed by atoms with Gasteiger partial charge in [0.25, 0.3) is 0 Å². The summed E-state index contributed by atoms with van der Waals surface area (Å²) in [5.41, 5.74) is 23.8. The molecule has 0 bridgehead atoms. The second kappa shape index (κ2) is 44.0. The van der Waals surface area contributed by atoms with Crippen molar-refractivity contribution in [2.24, 2.45) is 5.73 Å². The summed E-state index contributed by atoms with van der Waals surface area (Å²) in [5, 5.41) is 141. The van der Waals surface area contributed by atoms with E-state index >= 15 is 0 Å². The van der Waals surface area contributed by atoms with E-state index in [4.69, 9.17) is 5.73 Å². The van der Waals surface area contributed by atoms with Crippen molar-refractivity contribution in [3.8, 4) is 90.5 Å². The standard InChI is InChI=1S/4C21H14O4.4C8H11N/c4*22-17-10-9-12-5-1-3-7-14(12)18(17)19-15-8-4-2-6-13(15)11-16(20(19)23)21(24)25;4*1-7(9)8-5-3-2-4-6-8/h4*1-11,22-23H,(H,24,25);4*2-7H,9H2,1H3/t;;;;4*7-/m....1110/s1. The first-order valence-electron chi connectivity index (χ1n) is 43.7. The molecule has 20 nitrogen and oxygen atoms in total. The predicted octanol–water partition coefficient (Wildman–Crippen LogP) is 21.9. The van der Waals surface area contributed by atoms with Crippen LogP contribution in [0.15, 0.2) is 388 Å². The summed E-state index contributed by atoms with van der Waals surface area (Å²) >= 11 is 0. The van der Waals surface area contributed by atoms with Crippen molar-refractivity contribution in [1.82, 2.24) is 0 Å². The van der Waals surface area contributed by atoms with Gasteiger partial charge in [0.05, 0.1) is 16.7 Å². The van der Waals surface area contributed by atoms with Gasteiger partial charge in [-0.2, -0.15) is 0 Å². The van der Waals surface area contributed by atoms with Crippen LogP contribution in [0, 0.1) is 0 Å². The highest BCUT2D eigenvalue weighted by molar-refractivity contribution is 6.17. The van der Waals surface area contributed by atoms with E-state index in [0.29, 0.717) is 105 Å². The van der Waals surface area contributed by atoms with Crippen LogP contribution in [0.3, 0.4) is 0 Å². The number of quaternary nitrogens is 3. The first-order valence-corrected chi connectivity index (χ1v) is 43.7. The summed E-state index contributed by atoms with van der Waals surface area (Å²) < 4.78 is 0. The Balaban J connectivity index is 0.000000137. The Kier molecular flexibility index (Phi) is 31.1. The molecule has 680 valence electrons. The number of phenols is 5. The molecule has 0 amide bonds. The molecule has 20 N–H and O–H groups in total. The van der Waals surface area contributed by atoms with Gasteiger partial charge in [0.15, 0.2) is 0 Å². The van der Waals surface area contributed by atoms with E-state index in [0.717, 1.165) is 26.9 Å². The van der Waals surface area contributed by atoms with E-state index in [9.17, 15) is 80.5 Å². The summed E-state index contributed by atoms with van der Waals surface area (Å²) in [6.45, 7) is 8.26. The molecule has 0 aliphatic carbocycles. The molecule has 20 heteroatoms. The molecule has 0 fully saturated rings. The Morgan fingerprint density at radius 2 is 0.404 bits per heavy atom. The number of carboxylic acid groups (broad SMARTS) is 4. The summed E-state index contributed by atoms with van der Waals surface area (Å²) in [6, 6.07) is 119. The molecule has 0 unspecified atom stereocenters. The quantitative estimate of drug-likeness (QED) is 0.0540. The Morgan fingerprint density at radius 1 is 0.228 bits per heavy atom. The number of aromatic carboxylic acids is 4. The average molecular weight is 1810 g/mol. The summed E-state index contributed by atoms with van der Waals surface area (Å²) in [4.78, 5) is 46.2. The number of fused-ring (bicyclic) bond motifs is 8. The van der Waals surface area contributed by atoms with Crippen LogP contribution < -0.4 is 38.3 Å². The predicted molar refractivity (Wildman–Crippen MR) is 534 cm³/mol. The fourth-order valence-electron chi connectivity index (χ4n) is 16.2. The Labute approximate surface area is 783 Å². The number of benzene rings is 20. The molecular weight excluding hydrogens is 1710 g/mol. The largest absolute Gasteiger partial charge is 0.871 e. The van der Waals surface area contributed by atoms with Gasteiger partial charge >= 0.3 is 23.9 Å². The van der Waals surface area contributed by atoms with Crippen LogP contribution >= 0.6 is 0 Å². The molecule has 0 radical (unpaired) electrons. The molecule has 0 spiro atoms. The van der Waals surface area contributed by atoms with Gasteiger partial charge in [-0.3, -0.25) is 0 Å². The number of rotatable bonds is 12. The van der Waals surface area contributed by atoms with Gasteiger partial charge in [-0.1, -0.05) is 357 Å². The molecule has 0 saturated carbocycles. The molecule has 0 heterocycles. The van der Waals surface area contributed by atoms with Gasteiger partial charge in [0, 0.05) is 50.5 Å². The van der Waals surface area contributed by atoms with Crippen molar-refractivity contribution in [3.05, 3.63) is 433 Å². The minimum atomic E-state index is -1.28. The number of hydrogen-bond donors (Lipinski definition) is 13. The number of phenolic OH excluding ortho intramolecular Hbond substituents is 4. The lowest BCUT2D eigenvalue weighted by atomic mass is 9.90. The Hall–Kier alpha value is -17.4. The minimum Gasteiger partial charge on any atom is -0.871 e. The second-order valence-corrected chi connectivity index (χ2v) is 32.5. The molecule has 0 aliphatic rings. The van der Waals surface area contributed by atoms with Gasteiger partial charge in [0.2, 0.25) is 0 Å². The second-order valence-electron chi connectivity index (χ2n) is 32.5. The molecule has 0 aliphatic heterocycles. The van der Waals surface area contributed by atoms with Gasteiger partial charge in [0.1, 0.15) is 52.4 Å². The number of nitrogens with two attached hydrogens (primary N) is 1. The molecule has 0 aromatic heterocycles. The lowest BCUT2D eigenvalue weighted by Gasteiger charge is -2.22. The van der Waals surface area contributed by atoms with Crippen LogP contribution in [0.2, 0.25) is 0 Å². The highest BCUT2D eigenvalue weighted by Crippen LogP contribution is 2.51. The van der Waals surface area contributed by atoms with Crippen molar-refractivity contribution >= 4 is 110 Å². The zero-order valence-corrected chi connectivity index (χ0v) is 74.8. The maximum Gasteiger partial charge on any atom is 0.339 e. The topological polar surface area (TPSA) is 428 Å². The van der Waals surface area contributed by atoms with Crippen LogP contribution in [0.5, 0.6) is 46.0 Å². The van der Waals surface area contributed by atoms with Gasteiger partial charge < -0.3 is 84.2 Å². The molecule has 136 heavy (non-hydrogen) atoms. The summed E-state index contributed by atoms with van der Waals surface area (Å²) in [7, 11) is 0. The summed E-state index contributed by atoms with van der Waals surface area (Å²) in [5.74, 6) is -7.38. The van der Waals surface area contributed by atoms with Crippen molar-refractivity contribution < 1.29 is 97.7 Å². The minimum absolute atomic E-state index is 0.0123. The maximum absolute atomic E-state index is 12.9. The van der Waals surface area contributed by atoms with Gasteiger partial charge in [-0.25, -0.2) is 19.2 Å². The smallest absolute Gasteiger partial charge is 0.339 e. The average Bonchev–Trinajstić information content (AvgIpc) is 0.761. The molecular formula is C116H100N4O16. The molecule has 20 rings (SSSR count).